The summed E-state index contributed by atoms with van der Waals surface area (Å²) in [5, 5.41) is 2.91. The van der Waals surface area contributed by atoms with Gasteiger partial charge in [0, 0.05) is 25.6 Å². The second kappa shape index (κ2) is 9.12. The van der Waals surface area contributed by atoms with Gasteiger partial charge in [0.2, 0.25) is 11.8 Å². The topological polar surface area (TPSA) is 86.8 Å². The molecule has 2 aliphatic rings. The summed E-state index contributed by atoms with van der Waals surface area (Å²) in [5.74, 6) is -1.10. The first kappa shape index (κ1) is 20.8. The molecular weight excluding hydrogens is 394 g/mol. The number of carbonyl (C=O) groups excluding carboxylic acids is 4. The van der Waals surface area contributed by atoms with E-state index < -0.39 is 11.8 Å². The Morgan fingerprint density at radius 2 is 1.45 bits per heavy atom. The van der Waals surface area contributed by atoms with Gasteiger partial charge in [-0.15, -0.1) is 0 Å². The van der Waals surface area contributed by atoms with E-state index in [0.717, 1.165) is 16.9 Å². The summed E-state index contributed by atoms with van der Waals surface area (Å²) in [6.45, 7) is 0.889. The van der Waals surface area contributed by atoms with Crippen molar-refractivity contribution in [3.05, 3.63) is 71.3 Å². The molecule has 0 bridgehead atoms. The zero-order valence-corrected chi connectivity index (χ0v) is 17.3. The van der Waals surface area contributed by atoms with E-state index in [1.54, 1.807) is 24.3 Å². The molecule has 0 radical (unpaired) electrons. The molecule has 1 fully saturated rings. The lowest BCUT2D eigenvalue weighted by atomic mass is 10.0. The second-order valence-corrected chi connectivity index (χ2v) is 7.95. The van der Waals surface area contributed by atoms with Crippen LogP contribution in [0.25, 0.3) is 0 Å². The average molecular weight is 419 g/mol. The van der Waals surface area contributed by atoms with Gasteiger partial charge < -0.3 is 10.2 Å². The molecule has 4 amide bonds. The summed E-state index contributed by atoms with van der Waals surface area (Å²) < 4.78 is 0. The Balaban J connectivity index is 1.22. The Kier molecular flexibility index (Phi) is 6.11. The van der Waals surface area contributed by atoms with Crippen LogP contribution in [0, 0.1) is 0 Å². The van der Waals surface area contributed by atoms with Gasteiger partial charge in [0.1, 0.15) is 6.54 Å². The van der Waals surface area contributed by atoms with Gasteiger partial charge in [-0.3, -0.25) is 24.1 Å². The predicted molar refractivity (Wildman–Crippen MR) is 114 cm³/mol. The molecule has 160 valence electrons. The lowest BCUT2D eigenvalue weighted by molar-refractivity contribution is -0.132. The maximum atomic E-state index is 12.5. The van der Waals surface area contributed by atoms with E-state index in [0.29, 0.717) is 43.5 Å². The smallest absolute Gasteiger partial charge is 0.262 e. The van der Waals surface area contributed by atoms with Gasteiger partial charge >= 0.3 is 0 Å². The number of imide groups is 1. The van der Waals surface area contributed by atoms with Crippen molar-refractivity contribution in [1.29, 1.82) is 0 Å². The highest BCUT2D eigenvalue weighted by Crippen LogP contribution is 2.22. The number of carbonyl (C=O) groups is 4. The van der Waals surface area contributed by atoms with Gasteiger partial charge in [-0.2, -0.15) is 0 Å². The number of hydrogen-bond donors (Lipinski definition) is 1. The van der Waals surface area contributed by atoms with Gasteiger partial charge in [0.15, 0.2) is 0 Å². The number of nitrogens with zero attached hydrogens (tertiary/aromatic N) is 2. The minimum absolute atomic E-state index is 0.0687. The van der Waals surface area contributed by atoms with Crippen molar-refractivity contribution in [2.75, 3.05) is 19.6 Å². The zero-order valence-electron chi connectivity index (χ0n) is 17.3. The Labute approximate surface area is 181 Å². The molecule has 1 N–H and O–H groups in total. The lowest BCUT2D eigenvalue weighted by Gasteiger charge is -2.32. The highest BCUT2D eigenvalue weighted by molar-refractivity contribution is 6.22. The Bertz CT molecular complexity index is 962. The van der Waals surface area contributed by atoms with Gasteiger partial charge in [-0.05, 0) is 37.0 Å². The first-order valence-electron chi connectivity index (χ1n) is 10.6. The first-order chi connectivity index (χ1) is 15.0. The first-order valence-corrected chi connectivity index (χ1v) is 10.6. The summed E-state index contributed by atoms with van der Waals surface area (Å²) in [7, 11) is 0. The second-order valence-electron chi connectivity index (χ2n) is 7.95. The van der Waals surface area contributed by atoms with Crippen molar-refractivity contribution >= 4 is 23.6 Å². The quantitative estimate of drug-likeness (QED) is 0.726. The lowest BCUT2D eigenvalue weighted by Crippen LogP contribution is -2.49. The van der Waals surface area contributed by atoms with Crippen LogP contribution in [0.15, 0.2) is 54.6 Å². The molecule has 0 unspecified atom stereocenters. The van der Waals surface area contributed by atoms with Crippen LogP contribution < -0.4 is 5.32 Å². The van der Waals surface area contributed by atoms with E-state index in [1.165, 1.54) is 0 Å². The number of rotatable bonds is 6. The van der Waals surface area contributed by atoms with Crippen molar-refractivity contribution < 1.29 is 19.2 Å². The van der Waals surface area contributed by atoms with Crippen LogP contribution in [0.5, 0.6) is 0 Å². The maximum absolute atomic E-state index is 12.5. The third kappa shape index (κ3) is 4.66. The molecule has 2 aromatic carbocycles. The molecule has 4 rings (SSSR count). The van der Waals surface area contributed by atoms with Crippen molar-refractivity contribution in [3.8, 4) is 0 Å². The average Bonchev–Trinajstić information content (AvgIpc) is 3.03. The third-order valence-corrected chi connectivity index (χ3v) is 5.86. The summed E-state index contributed by atoms with van der Waals surface area (Å²) in [6, 6.07) is 16.4. The summed E-state index contributed by atoms with van der Waals surface area (Å²) in [4.78, 5) is 52.5. The Hall–Kier alpha value is -3.48. The zero-order chi connectivity index (χ0) is 21.8. The minimum atomic E-state index is -0.436. The number of piperidine rings is 1. The molecule has 1 saturated heterocycles. The van der Waals surface area contributed by atoms with Crippen LogP contribution in [0.2, 0.25) is 0 Å². The third-order valence-electron chi connectivity index (χ3n) is 5.86. The fourth-order valence-electron chi connectivity index (χ4n) is 4.13. The number of nitrogens with one attached hydrogen (secondary N) is 1. The summed E-state index contributed by atoms with van der Waals surface area (Å²) >= 11 is 0. The highest BCUT2D eigenvalue weighted by atomic mass is 16.2. The number of fused-ring (bicyclic) bond motifs is 1. The molecule has 2 aliphatic heterocycles. The van der Waals surface area contributed by atoms with Crippen LogP contribution in [-0.4, -0.2) is 59.1 Å². The van der Waals surface area contributed by atoms with Gasteiger partial charge in [-0.1, -0.05) is 42.5 Å². The standard InChI is InChI=1S/C24H25N3O4/c28-21(16-27-23(30)19-8-4-5-9-20(19)24(27)31)25-18-12-14-26(15-13-18)22(29)11-10-17-6-2-1-3-7-17/h1-9,18H,10-16H2,(H,25,28). The molecule has 7 heteroatoms. The van der Waals surface area contributed by atoms with E-state index in [4.69, 9.17) is 0 Å². The van der Waals surface area contributed by atoms with Gasteiger partial charge in [-0.25, -0.2) is 0 Å². The van der Waals surface area contributed by atoms with E-state index >= 15 is 0 Å². The molecule has 0 aromatic heterocycles. The van der Waals surface area contributed by atoms with Crippen LogP contribution in [-0.2, 0) is 16.0 Å². The van der Waals surface area contributed by atoms with Crippen molar-refractivity contribution in [3.63, 3.8) is 0 Å². The monoisotopic (exact) mass is 419 g/mol. The molecule has 0 spiro atoms. The SMILES string of the molecule is O=C(CN1C(=O)c2ccccc2C1=O)NC1CCN(C(=O)CCc2ccccc2)CC1. The number of hydrogen-bond acceptors (Lipinski definition) is 4. The number of benzene rings is 2. The molecule has 31 heavy (non-hydrogen) atoms. The number of amides is 4. The van der Waals surface area contributed by atoms with Gasteiger partial charge in [0.05, 0.1) is 11.1 Å². The summed E-state index contributed by atoms with van der Waals surface area (Å²) in [5.41, 5.74) is 1.82. The minimum Gasteiger partial charge on any atom is -0.352 e. The Morgan fingerprint density at radius 1 is 0.871 bits per heavy atom. The van der Waals surface area contributed by atoms with Crippen molar-refractivity contribution in [1.82, 2.24) is 15.1 Å². The van der Waals surface area contributed by atoms with Crippen LogP contribution >= 0.6 is 0 Å². The van der Waals surface area contributed by atoms with Gasteiger partial charge in [0.25, 0.3) is 11.8 Å². The molecule has 0 atom stereocenters. The van der Waals surface area contributed by atoms with E-state index in [-0.39, 0.29) is 24.4 Å². The fraction of sp³-hybridized carbons (Fsp3) is 0.333. The van der Waals surface area contributed by atoms with Crippen LogP contribution in [0.1, 0.15) is 45.5 Å². The number of aryl methyl sites for hydroxylation is 1. The fourth-order valence-corrected chi connectivity index (χ4v) is 4.13. The van der Waals surface area contributed by atoms with Crippen molar-refractivity contribution in [2.24, 2.45) is 0 Å². The normalized spacial score (nSPS) is 16.4. The predicted octanol–water partition coefficient (Wildman–Crippen LogP) is 2.02. The molecule has 2 aromatic rings. The van der Waals surface area contributed by atoms with Crippen molar-refractivity contribution in [2.45, 2.75) is 31.7 Å². The summed E-state index contributed by atoms with van der Waals surface area (Å²) in [6.07, 6.45) is 2.51. The van der Waals surface area contributed by atoms with Crippen LogP contribution in [0.3, 0.4) is 0 Å². The maximum Gasteiger partial charge on any atom is 0.262 e. The highest BCUT2D eigenvalue weighted by Gasteiger charge is 2.36. The molecular formula is C24H25N3O4. The molecule has 0 aliphatic carbocycles. The Morgan fingerprint density at radius 3 is 2.06 bits per heavy atom. The van der Waals surface area contributed by atoms with E-state index in [2.05, 4.69) is 5.32 Å². The van der Waals surface area contributed by atoms with E-state index in [1.807, 2.05) is 35.2 Å². The van der Waals surface area contributed by atoms with Crippen LogP contribution in [0.4, 0.5) is 0 Å². The number of likely N-dealkylation sites (tertiary alicyclic amines) is 1. The molecule has 2 heterocycles. The largest absolute Gasteiger partial charge is 0.352 e. The molecule has 0 saturated carbocycles. The van der Waals surface area contributed by atoms with E-state index in [9.17, 15) is 19.2 Å². The molecule has 7 nitrogen and oxygen atoms in total.